The third kappa shape index (κ3) is 1.23. The van der Waals surface area contributed by atoms with Gasteiger partial charge in [-0.2, -0.15) is 0 Å². The first-order chi connectivity index (χ1) is 6.50. The number of hydrogen-bond donors (Lipinski definition) is 1. The van der Waals surface area contributed by atoms with Gasteiger partial charge in [-0.3, -0.25) is 0 Å². The molecule has 0 saturated carbocycles. The number of rotatable bonds is 0. The third-order valence-corrected chi connectivity index (χ3v) is 2.15. The molecule has 0 spiro atoms. The Morgan fingerprint density at radius 2 is 2.00 bits per heavy atom. The molecular weight excluding hydrogens is 178 g/mol. The van der Waals surface area contributed by atoms with Gasteiger partial charge in [-0.1, -0.05) is 20.8 Å². The number of oxazole rings is 1. The van der Waals surface area contributed by atoms with Crippen LogP contribution in [0, 0.1) is 0 Å². The molecule has 0 unspecified atom stereocenters. The van der Waals surface area contributed by atoms with E-state index >= 15 is 0 Å². The lowest BCUT2D eigenvalue weighted by atomic mass is 9.87. The van der Waals surface area contributed by atoms with Crippen molar-refractivity contribution in [2.75, 3.05) is 5.73 Å². The maximum Gasteiger partial charge on any atom is 0.182 e. The molecule has 2 N–H and O–H groups in total. The van der Waals surface area contributed by atoms with Crippen LogP contribution in [0.15, 0.2) is 17.0 Å². The average Bonchev–Trinajstić information content (AvgIpc) is 2.48. The maximum atomic E-state index is 5.83. The molecule has 0 fully saturated rings. The highest BCUT2D eigenvalue weighted by Gasteiger charge is 2.23. The van der Waals surface area contributed by atoms with Crippen LogP contribution in [0.4, 0.5) is 5.82 Å². The summed E-state index contributed by atoms with van der Waals surface area (Å²) < 4.78 is 5.33. The third-order valence-electron chi connectivity index (χ3n) is 2.15. The van der Waals surface area contributed by atoms with E-state index in [0.29, 0.717) is 5.82 Å². The molecule has 2 aromatic rings. The van der Waals surface area contributed by atoms with Gasteiger partial charge < -0.3 is 10.2 Å². The summed E-state index contributed by atoms with van der Waals surface area (Å²) in [7, 11) is 0. The van der Waals surface area contributed by atoms with E-state index in [2.05, 4.69) is 30.7 Å². The van der Waals surface area contributed by atoms with Crippen LogP contribution in [-0.2, 0) is 5.41 Å². The molecule has 0 saturated heterocycles. The van der Waals surface area contributed by atoms with Crippen LogP contribution in [-0.4, -0.2) is 9.97 Å². The maximum absolute atomic E-state index is 5.83. The highest BCUT2D eigenvalue weighted by Crippen LogP contribution is 2.32. The highest BCUT2D eigenvalue weighted by atomic mass is 16.3. The van der Waals surface area contributed by atoms with E-state index in [0.717, 1.165) is 16.7 Å². The average molecular weight is 191 g/mol. The van der Waals surface area contributed by atoms with Crippen molar-refractivity contribution in [2.45, 2.75) is 26.2 Å². The molecule has 0 aromatic carbocycles. The molecule has 0 atom stereocenters. The molecule has 0 aliphatic carbocycles. The molecule has 0 bridgehead atoms. The minimum Gasteiger partial charge on any atom is -0.443 e. The predicted octanol–water partition coefficient (Wildman–Crippen LogP) is 2.10. The lowest BCUT2D eigenvalue weighted by molar-refractivity contribution is 0.554. The van der Waals surface area contributed by atoms with Gasteiger partial charge in [-0.25, -0.2) is 9.97 Å². The first kappa shape index (κ1) is 8.99. The van der Waals surface area contributed by atoms with Crippen LogP contribution >= 0.6 is 0 Å². The van der Waals surface area contributed by atoms with Crippen molar-refractivity contribution in [2.24, 2.45) is 0 Å². The Morgan fingerprint density at radius 3 is 2.64 bits per heavy atom. The summed E-state index contributed by atoms with van der Waals surface area (Å²) in [6.45, 7) is 6.22. The zero-order valence-electron chi connectivity index (χ0n) is 8.53. The summed E-state index contributed by atoms with van der Waals surface area (Å²) in [5, 5.41) is 0. The van der Waals surface area contributed by atoms with Crippen LogP contribution in [0.5, 0.6) is 0 Å². The quantitative estimate of drug-likeness (QED) is 0.692. The van der Waals surface area contributed by atoms with E-state index < -0.39 is 0 Å². The summed E-state index contributed by atoms with van der Waals surface area (Å²) in [4.78, 5) is 8.15. The fourth-order valence-corrected chi connectivity index (χ4v) is 1.57. The van der Waals surface area contributed by atoms with Crippen LogP contribution < -0.4 is 5.73 Å². The summed E-state index contributed by atoms with van der Waals surface area (Å²) in [5.74, 6) is 0.516. The number of fused-ring (bicyclic) bond motifs is 1. The van der Waals surface area contributed by atoms with Gasteiger partial charge in [0, 0.05) is 5.56 Å². The Morgan fingerprint density at radius 1 is 1.29 bits per heavy atom. The smallest absolute Gasteiger partial charge is 0.182 e. The molecule has 2 aromatic heterocycles. The van der Waals surface area contributed by atoms with Crippen molar-refractivity contribution < 1.29 is 4.42 Å². The summed E-state index contributed by atoms with van der Waals surface area (Å²) in [6, 6.07) is 0. The van der Waals surface area contributed by atoms with Gasteiger partial charge >= 0.3 is 0 Å². The molecule has 2 rings (SSSR count). The van der Waals surface area contributed by atoms with Crippen molar-refractivity contribution in [3.63, 3.8) is 0 Å². The summed E-state index contributed by atoms with van der Waals surface area (Å²) in [5.41, 5.74) is 8.16. The second-order valence-electron chi connectivity index (χ2n) is 4.34. The normalized spacial score (nSPS) is 12.2. The number of nitrogens with two attached hydrogens (primary N) is 1. The monoisotopic (exact) mass is 191 g/mol. The number of pyridine rings is 1. The van der Waals surface area contributed by atoms with Gasteiger partial charge in [-0.15, -0.1) is 0 Å². The molecule has 4 nitrogen and oxygen atoms in total. The summed E-state index contributed by atoms with van der Waals surface area (Å²) in [6.07, 6.45) is 3.05. The highest BCUT2D eigenvalue weighted by molar-refractivity contribution is 5.80. The second kappa shape index (κ2) is 2.70. The van der Waals surface area contributed by atoms with E-state index in [1.54, 1.807) is 6.20 Å². The molecule has 0 aliphatic heterocycles. The minimum atomic E-state index is -0.0872. The fraction of sp³-hybridized carbons (Fsp3) is 0.400. The van der Waals surface area contributed by atoms with Gasteiger partial charge in [0.15, 0.2) is 12.0 Å². The van der Waals surface area contributed by atoms with Crippen molar-refractivity contribution in [3.8, 4) is 0 Å². The minimum absolute atomic E-state index is 0.0872. The predicted molar refractivity (Wildman–Crippen MR) is 54.9 cm³/mol. The van der Waals surface area contributed by atoms with E-state index in [9.17, 15) is 0 Å². The first-order valence-corrected chi connectivity index (χ1v) is 4.48. The topological polar surface area (TPSA) is 64.9 Å². The Balaban J connectivity index is 2.83. The molecule has 74 valence electrons. The van der Waals surface area contributed by atoms with Gasteiger partial charge in [0.05, 0.1) is 6.20 Å². The molecule has 0 radical (unpaired) electrons. The number of aromatic nitrogens is 2. The Hall–Kier alpha value is -1.58. The molecular formula is C10H13N3O. The summed E-state index contributed by atoms with van der Waals surface area (Å²) >= 11 is 0. The lowest BCUT2D eigenvalue weighted by Gasteiger charge is -2.19. The van der Waals surface area contributed by atoms with E-state index in [-0.39, 0.29) is 5.41 Å². The van der Waals surface area contributed by atoms with Crippen molar-refractivity contribution >= 4 is 16.9 Å². The van der Waals surface area contributed by atoms with E-state index in [1.165, 1.54) is 6.39 Å². The zero-order valence-corrected chi connectivity index (χ0v) is 8.53. The van der Waals surface area contributed by atoms with Crippen LogP contribution in [0.1, 0.15) is 26.3 Å². The number of anilines is 1. The molecule has 2 heterocycles. The van der Waals surface area contributed by atoms with E-state index in [4.69, 9.17) is 10.2 Å². The van der Waals surface area contributed by atoms with Crippen molar-refractivity contribution in [3.05, 3.63) is 18.2 Å². The lowest BCUT2D eigenvalue weighted by Crippen LogP contribution is -2.15. The van der Waals surface area contributed by atoms with Gasteiger partial charge in [-0.05, 0) is 5.41 Å². The van der Waals surface area contributed by atoms with Crippen LogP contribution in [0.25, 0.3) is 11.1 Å². The standard InChI is InChI=1S/C10H13N3O/c1-10(2,3)7-8-6(13-5-14-8)4-12-9(7)11/h4-5H,1-3H3,(H2,11,12). The van der Waals surface area contributed by atoms with Gasteiger partial charge in [0.25, 0.3) is 0 Å². The Labute approximate surface area is 82.1 Å². The van der Waals surface area contributed by atoms with Crippen molar-refractivity contribution in [1.82, 2.24) is 9.97 Å². The second-order valence-corrected chi connectivity index (χ2v) is 4.34. The fourth-order valence-electron chi connectivity index (χ4n) is 1.57. The molecule has 0 amide bonds. The molecule has 4 heteroatoms. The first-order valence-electron chi connectivity index (χ1n) is 4.48. The van der Waals surface area contributed by atoms with Crippen LogP contribution in [0.3, 0.4) is 0 Å². The molecule has 14 heavy (non-hydrogen) atoms. The Kier molecular flexibility index (Phi) is 1.74. The number of nitrogens with zero attached hydrogens (tertiary/aromatic N) is 2. The van der Waals surface area contributed by atoms with Gasteiger partial charge in [0.1, 0.15) is 11.3 Å². The largest absolute Gasteiger partial charge is 0.443 e. The van der Waals surface area contributed by atoms with Crippen molar-refractivity contribution in [1.29, 1.82) is 0 Å². The SMILES string of the molecule is CC(C)(C)c1c(N)ncc2ncoc12. The van der Waals surface area contributed by atoms with Gasteiger partial charge in [0.2, 0.25) is 0 Å². The van der Waals surface area contributed by atoms with E-state index in [1.807, 2.05) is 0 Å². The Bertz CT molecular complexity index is 468. The van der Waals surface area contributed by atoms with Crippen LogP contribution in [0.2, 0.25) is 0 Å². The number of hydrogen-bond acceptors (Lipinski definition) is 4. The zero-order chi connectivity index (χ0) is 10.3. The molecule has 0 aliphatic rings. The number of nitrogen functional groups attached to an aromatic ring is 1.